The van der Waals surface area contributed by atoms with Crippen molar-refractivity contribution in [3.8, 4) is 5.82 Å². The highest BCUT2D eigenvalue weighted by Gasteiger charge is 2.09. The summed E-state index contributed by atoms with van der Waals surface area (Å²) >= 11 is 0. The van der Waals surface area contributed by atoms with Crippen LogP contribution in [0.3, 0.4) is 0 Å². The molecule has 0 radical (unpaired) electrons. The lowest BCUT2D eigenvalue weighted by atomic mass is 10.2. The fourth-order valence-corrected chi connectivity index (χ4v) is 1.66. The molecule has 5 nitrogen and oxygen atoms in total. The van der Waals surface area contributed by atoms with Crippen LogP contribution in [-0.4, -0.2) is 27.0 Å². The van der Waals surface area contributed by atoms with Gasteiger partial charge in [0.25, 0.3) is 0 Å². The Kier molecular flexibility index (Phi) is 3.51. The Morgan fingerprint density at radius 3 is 2.88 bits per heavy atom. The minimum atomic E-state index is -0.0156. The number of aryl methyl sites for hydroxylation is 1. The maximum atomic E-state index is 9.15. The monoisotopic (exact) mass is 233 g/mol. The van der Waals surface area contributed by atoms with Crippen LogP contribution in [0.2, 0.25) is 0 Å². The number of pyridine rings is 1. The second kappa shape index (κ2) is 5.07. The number of aliphatic hydroxyl groups excluding tert-OH is 1. The van der Waals surface area contributed by atoms with E-state index < -0.39 is 0 Å². The van der Waals surface area contributed by atoms with Crippen molar-refractivity contribution >= 4 is 0 Å². The molecule has 0 aliphatic heterocycles. The highest BCUT2D eigenvalue weighted by Crippen LogP contribution is 2.14. The fraction of sp³-hybridized carbons (Fsp3) is 0.333. The van der Waals surface area contributed by atoms with E-state index in [1.807, 2.05) is 19.1 Å². The van der Waals surface area contributed by atoms with Gasteiger partial charge in [0.2, 0.25) is 0 Å². The Morgan fingerprint density at radius 2 is 2.24 bits per heavy atom. The summed E-state index contributed by atoms with van der Waals surface area (Å²) in [5, 5.41) is 13.5. The molecular formula is C12H15N3O2. The molecule has 90 valence electrons. The molecule has 0 atom stereocenters. The Labute approximate surface area is 99.7 Å². The molecule has 0 saturated heterocycles. The van der Waals surface area contributed by atoms with Crippen LogP contribution in [0.5, 0.6) is 0 Å². The second-order valence-electron chi connectivity index (χ2n) is 3.76. The molecule has 1 N–H and O–H groups in total. The highest BCUT2D eigenvalue weighted by molar-refractivity contribution is 5.33. The number of hydrogen-bond acceptors (Lipinski definition) is 4. The molecule has 0 aromatic carbocycles. The number of rotatable bonds is 4. The van der Waals surface area contributed by atoms with Gasteiger partial charge in [0.05, 0.1) is 18.9 Å². The predicted octanol–water partition coefficient (Wildman–Crippen LogP) is 1.21. The standard InChI is InChI=1S/C12H15N3O2/c1-9-11(7-16)6-15(14-9)12-10(8-17-2)4-3-5-13-12/h3-6,16H,7-8H2,1-2H3. The maximum absolute atomic E-state index is 9.15. The smallest absolute Gasteiger partial charge is 0.158 e. The molecule has 0 aliphatic carbocycles. The van der Waals surface area contributed by atoms with E-state index in [1.165, 1.54) is 0 Å². The zero-order valence-electron chi connectivity index (χ0n) is 9.92. The summed E-state index contributed by atoms with van der Waals surface area (Å²) in [5.74, 6) is 0.733. The van der Waals surface area contributed by atoms with E-state index in [0.29, 0.717) is 6.61 Å². The van der Waals surface area contributed by atoms with Crippen LogP contribution < -0.4 is 0 Å². The summed E-state index contributed by atoms with van der Waals surface area (Å²) < 4.78 is 6.80. The normalized spacial score (nSPS) is 10.8. The van der Waals surface area contributed by atoms with E-state index in [0.717, 1.165) is 22.6 Å². The third kappa shape index (κ3) is 2.35. The summed E-state index contributed by atoms with van der Waals surface area (Å²) in [4.78, 5) is 4.30. The first-order chi connectivity index (χ1) is 8.26. The number of ether oxygens (including phenoxy) is 1. The molecule has 2 rings (SSSR count). The van der Waals surface area contributed by atoms with E-state index in [1.54, 1.807) is 24.2 Å². The van der Waals surface area contributed by atoms with Crippen LogP contribution in [0.4, 0.5) is 0 Å². The number of aromatic nitrogens is 3. The fourth-order valence-electron chi connectivity index (χ4n) is 1.66. The van der Waals surface area contributed by atoms with Crippen molar-refractivity contribution in [2.45, 2.75) is 20.1 Å². The van der Waals surface area contributed by atoms with Crippen molar-refractivity contribution in [2.24, 2.45) is 0 Å². The Balaban J connectivity index is 2.44. The van der Waals surface area contributed by atoms with Gasteiger partial charge in [-0.1, -0.05) is 6.07 Å². The summed E-state index contributed by atoms with van der Waals surface area (Å²) in [6, 6.07) is 3.81. The van der Waals surface area contributed by atoms with Crippen molar-refractivity contribution in [1.29, 1.82) is 0 Å². The Bertz CT molecular complexity index is 508. The SMILES string of the molecule is COCc1cccnc1-n1cc(CO)c(C)n1. The first-order valence-corrected chi connectivity index (χ1v) is 5.35. The zero-order chi connectivity index (χ0) is 12.3. The molecule has 2 aromatic heterocycles. The average Bonchev–Trinajstić information content (AvgIpc) is 2.71. The second-order valence-corrected chi connectivity index (χ2v) is 3.76. The molecular weight excluding hydrogens is 218 g/mol. The molecule has 17 heavy (non-hydrogen) atoms. The van der Waals surface area contributed by atoms with Crippen LogP contribution in [-0.2, 0) is 18.0 Å². The van der Waals surface area contributed by atoms with Gasteiger partial charge in [-0.15, -0.1) is 0 Å². The van der Waals surface area contributed by atoms with Crippen LogP contribution >= 0.6 is 0 Å². The lowest BCUT2D eigenvalue weighted by molar-refractivity contribution is 0.184. The van der Waals surface area contributed by atoms with Gasteiger partial charge in [-0.2, -0.15) is 5.10 Å². The molecule has 0 aliphatic rings. The van der Waals surface area contributed by atoms with Gasteiger partial charge >= 0.3 is 0 Å². The third-order valence-corrected chi connectivity index (χ3v) is 2.56. The van der Waals surface area contributed by atoms with Gasteiger partial charge in [-0.05, 0) is 13.0 Å². The molecule has 0 unspecified atom stereocenters. The quantitative estimate of drug-likeness (QED) is 0.862. The van der Waals surface area contributed by atoms with Crippen molar-refractivity contribution < 1.29 is 9.84 Å². The summed E-state index contributed by atoms with van der Waals surface area (Å²) in [7, 11) is 1.64. The van der Waals surface area contributed by atoms with E-state index in [-0.39, 0.29) is 6.61 Å². The molecule has 2 heterocycles. The Morgan fingerprint density at radius 1 is 1.41 bits per heavy atom. The first-order valence-electron chi connectivity index (χ1n) is 5.35. The number of aliphatic hydroxyl groups is 1. The van der Waals surface area contributed by atoms with Crippen LogP contribution in [0, 0.1) is 6.92 Å². The molecule has 0 amide bonds. The summed E-state index contributed by atoms with van der Waals surface area (Å²) in [5.41, 5.74) is 2.57. The van der Waals surface area contributed by atoms with E-state index in [4.69, 9.17) is 9.84 Å². The Hall–Kier alpha value is -1.72. The van der Waals surface area contributed by atoms with Gasteiger partial charge in [0.1, 0.15) is 0 Å². The van der Waals surface area contributed by atoms with Gasteiger partial charge in [0.15, 0.2) is 5.82 Å². The number of hydrogen-bond donors (Lipinski definition) is 1. The molecule has 0 fully saturated rings. The van der Waals surface area contributed by atoms with Crippen LogP contribution in [0.25, 0.3) is 5.82 Å². The summed E-state index contributed by atoms with van der Waals surface area (Å²) in [6.45, 7) is 2.33. The van der Waals surface area contributed by atoms with Crippen LogP contribution in [0.1, 0.15) is 16.8 Å². The van der Waals surface area contributed by atoms with Gasteiger partial charge < -0.3 is 9.84 Å². The minimum absolute atomic E-state index is 0.0156. The minimum Gasteiger partial charge on any atom is -0.392 e. The molecule has 0 spiro atoms. The van der Waals surface area contributed by atoms with Gasteiger partial charge in [-0.25, -0.2) is 9.67 Å². The van der Waals surface area contributed by atoms with Crippen molar-refractivity contribution in [2.75, 3.05) is 7.11 Å². The maximum Gasteiger partial charge on any atom is 0.158 e. The van der Waals surface area contributed by atoms with E-state index in [9.17, 15) is 0 Å². The number of methoxy groups -OCH3 is 1. The largest absolute Gasteiger partial charge is 0.392 e. The third-order valence-electron chi connectivity index (χ3n) is 2.56. The summed E-state index contributed by atoms with van der Waals surface area (Å²) in [6.07, 6.45) is 3.50. The van der Waals surface area contributed by atoms with Gasteiger partial charge in [-0.3, -0.25) is 0 Å². The van der Waals surface area contributed by atoms with E-state index >= 15 is 0 Å². The average molecular weight is 233 g/mol. The lowest BCUT2D eigenvalue weighted by Gasteiger charge is -2.06. The molecule has 0 bridgehead atoms. The first kappa shape index (κ1) is 11.8. The lowest BCUT2D eigenvalue weighted by Crippen LogP contribution is -2.04. The van der Waals surface area contributed by atoms with Crippen molar-refractivity contribution in [3.63, 3.8) is 0 Å². The van der Waals surface area contributed by atoms with Gasteiger partial charge in [0, 0.05) is 30.6 Å². The van der Waals surface area contributed by atoms with Crippen molar-refractivity contribution in [1.82, 2.24) is 14.8 Å². The molecule has 2 aromatic rings. The van der Waals surface area contributed by atoms with Crippen LogP contribution in [0.15, 0.2) is 24.5 Å². The van der Waals surface area contributed by atoms with E-state index in [2.05, 4.69) is 10.1 Å². The number of nitrogens with zero attached hydrogens (tertiary/aromatic N) is 3. The highest BCUT2D eigenvalue weighted by atomic mass is 16.5. The topological polar surface area (TPSA) is 60.2 Å². The predicted molar refractivity (Wildman–Crippen MR) is 62.7 cm³/mol. The zero-order valence-corrected chi connectivity index (χ0v) is 9.92. The molecule has 5 heteroatoms. The molecule has 0 saturated carbocycles. The van der Waals surface area contributed by atoms with Crippen molar-refractivity contribution in [3.05, 3.63) is 41.3 Å².